The molecule has 0 bridgehead atoms. The van der Waals surface area contributed by atoms with Crippen molar-refractivity contribution in [2.24, 2.45) is 0 Å². The van der Waals surface area contributed by atoms with Crippen molar-refractivity contribution in [3.05, 3.63) is 78.1 Å². The van der Waals surface area contributed by atoms with Crippen molar-refractivity contribution in [2.45, 2.75) is 45.2 Å². The van der Waals surface area contributed by atoms with Crippen LogP contribution in [0, 0.1) is 11.6 Å². The van der Waals surface area contributed by atoms with Crippen molar-refractivity contribution >= 4 is 39.8 Å². The van der Waals surface area contributed by atoms with Crippen LogP contribution in [0.1, 0.15) is 38.3 Å². The molecule has 0 radical (unpaired) electrons. The number of benzene rings is 2. The van der Waals surface area contributed by atoms with Crippen LogP contribution in [0.25, 0.3) is 0 Å². The summed E-state index contributed by atoms with van der Waals surface area (Å²) in [6.07, 6.45) is 6.04. The molecular formula is C29H36ClF2N5O4S. The minimum Gasteiger partial charge on any atom is -0.456 e. The number of rotatable bonds is 11. The molecule has 1 aliphatic rings. The quantitative estimate of drug-likeness (QED) is 0.262. The Labute approximate surface area is 251 Å². The monoisotopic (exact) mass is 623 g/mol. The van der Waals surface area contributed by atoms with E-state index in [0.29, 0.717) is 30.3 Å². The van der Waals surface area contributed by atoms with Crippen LogP contribution in [0.3, 0.4) is 0 Å². The van der Waals surface area contributed by atoms with Crippen LogP contribution < -0.4 is 14.8 Å². The zero-order valence-electron chi connectivity index (χ0n) is 23.6. The van der Waals surface area contributed by atoms with Gasteiger partial charge in [0.05, 0.1) is 23.8 Å². The third-order valence-corrected chi connectivity index (χ3v) is 7.37. The van der Waals surface area contributed by atoms with E-state index in [1.807, 2.05) is 12.1 Å². The van der Waals surface area contributed by atoms with E-state index in [2.05, 4.69) is 26.8 Å². The highest BCUT2D eigenvalue weighted by Gasteiger charge is 2.28. The number of carbonyl (C=O) groups excluding carboxylic acids is 1. The average Bonchev–Trinajstić information content (AvgIpc) is 2.93. The van der Waals surface area contributed by atoms with E-state index >= 15 is 0 Å². The molecule has 3 aromatic rings. The zero-order chi connectivity index (χ0) is 29.4. The van der Waals surface area contributed by atoms with Crippen molar-refractivity contribution in [3.63, 3.8) is 0 Å². The molecule has 0 unspecified atom stereocenters. The number of nitrogens with one attached hydrogen (secondary N) is 2. The number of hydrogen-bond acceptors (Lipinski definition) is 6. The number of unbranched alkanes of at least 4 members (excludes halogenated alkanes) is 1. The number of urea groups is 1. The lowest BCUT2D eigenvalue weighted by Gasteiger charge is -2.38. The maximum Gasteiger partial charge on any atom is 0.322 e. The second kappa shape index (κ2) is 15.1. The molecule has 1 aliphatic heterocycles. The summed E-state index contributed by atoms with van der Waals surface area (Å²) in [5.74, 6) is -0.373. The van der Waals surface area contributed by atoms with Gasteiger partial charge in [0.1, 0.15) is 23.1 Å². The molecule has 2 aromatic carbocycles. The van der Waals surface area contributed by atoms with E-state index in [1.54, 1.807) is 35.4 Å². The molecule has 2 N–H and O–H groups in total. The number of likely N-dealkylation sites (tertiary alicyclic amines) is 1. The van der Waals surface area contributed by atoms with Crippen LogP contribution in [0.5, 0.6) is 11.5 Å². The largest absolute Gasteiger partial charge is 0.456 e. The SMILES string of the molecule is CCCCN(C(=O)Nc1ccc(F)cc1F)C1CCN(Cc2ccc(Oc3ccc(NS(C)(=O)=O)cc3)cn2)CC1.Cl. The molecule has 0 spiro atoms. The fourth-order valence-corrected chi connectivity index (χ4v) is 5.24. The molecule has 2 amide bonds. The first-order chi connectivity index (χ1) is 19.6. The molecule has 0 saturated carbocycles. The van der Waals surface area contributed by atoms with Crippen molar-refractivity contribution < 1.29 is 26.7 Å². The van der Waals surface area contributed by atoms with Gasteiger partial charge in [-0.2, -0.15) is 0 Å². The molecule has 42 heavy (non-hydrogen) atoms. The van der Waals surface area contributed by atoms with Crippen LogP contribution in [0.2, 0.25) is 0 Å². The van der Waals surface area contributed by atoms with E-state index in [4.69, 9.17) is 4.74 Å². The van der Waals surface area contributed by atoms with Gasteiger partial charge in [-0.1, -0.05) is 13.3 Å². The van der Waals surface area contributed by atoms with Gasteiger partial charge < -0.3 is 15.0 Å². The predicted octanol–water partition coefficient (Wildman–Crippen LogP) is 6.24. The van der Waals surface area contributed by atoms with Crippen LogP contribution in [-0.4, -0.2) is 61.2 Å². The van der Waals surface area contributed by atoms with Crippen LogP contribution in [0.15, 0.2) is 60.8 Å². The zero-order valence-corrected chi connectivity index (χ0v) is 25.2. The Morgan fingerprint density at radius 1 is 1.07 bits per heavy atom. The van der Waals surface area contributed by atoms with Gasteiger partial charge in [0.2, 0.25) is 10.0 Å². The standard InChI is InChI=1S/C29H35F2N5O4S.ClH/c1-3-4-15-36(29(37)33-28-12-5-21(30)18-27(28)31)24-13-16-35(17-14-24)20-23-8-11-26(19-32-23)40-25-9-6-22(7-10-25)34-41(2,38)39;/h5-12,18-19,24,34H,3-4,13-17,20H2,1-2H3,(H,33,37);1H. The van der Waals surface area contributed by atoms with Crippen molar-refractivity contribution in [3.8, 4) is 11.5 Å². The van der Waals surface area contributed by atoms with Gasteiger partial charge in [-0.25, -0.2) is 22.0 Å². The Hall–Kier alpha value is -3.48. The topological polar surface area (TPSA) is 104 Å². The van der Waals surface area contributed by atoms with E-state index in [1.165, 1.54) is 6.07 Å². The summed E-state index contributed by atoms with van der Waals surface area (Å²) in [7, 11) is -3.34. The van der Waals surface area contributed by atoms with Gasteiger partial charge in [-0.05, 0) is 67.8 Å². The Morgan fingerprint density at radius 2 is 1.76 bits per heavy atom. The van der Waals surface area contributed by atoms with Crippen molar-refractivity contribution in [2.75, 3.05) is 35.9 Å². The molecule has 0 atom stereocenters. The smallest absolute Gasteiger partial charge is 0.322 e. The summed E-state index contributed by atoms with van der Waals surface area (Å²) in [6, 6.07) is 13.1. The Balaban J connectivity index is 0.00000484. The van der Waals surface area contributed by atoms with Gasteiger partial charge in [0, 0.05) is 44.0 Å². The highest BCUT2D eigenvalue weighted by atomic mass is 35.5. The number of ether oxygens (including phenoxy) is 1. The summed E-state index contributed by atoms with van der Waals surface area (Å²) >= 11 is 0. The molecule has 9 nitrogen and oxygen atoms in total. The van der Waals surface area contributed by atoms with Gasteiger partial charge in [-0.3, -0.25) is 14.6 Å². The summed E-state index contributed by atoms with van der Waals surface area (Å²) in [4.78, 5) is 21.6. The normalized spacial score (nSPS) is 14.1. The minimum atomic E-state index is -3.34. The van der Waals surface area contributed by atoms with Crippen LogP contribution in [-0.2, 0) is 16.6 Å². The number of amides is 2. The first-order valence-corrected chi connectivity index (χ1v) is 15.4. The number of pyridine rings is 1. The number of nitrogens with zero attached hydrogens (tertiary/aromatic N) is 3. The second-order valence-corrected chi connectivity index (χ2v) is 11.8. The molecule has 0 aliphatic carbocycles. The Kier molecular flexibility index (Phi) is 11.9. The number of sulfonamides is 1. The molecule has 2 heterocycles. The summed E-state index contributed by atoms with van der Waals surface area (Å²) < 4.78 is 58.3. The second-order valence-electron chi connectivity index (χ2n) is 10.1. The number of halogens is 3. The number of anilines is 2. The highest BCUT2D eigenvalue weighted by Crippen LogP contribution is 2.25. The maximum absolute atomic E-state index is 14.1. The molecule has 13 heteroatoms. The van der Waals surface area contributed by atoms with Crippen LogP contribution >= 0.6 is 12.4 Å². The van der Waals surface area contributed by atoms with Crippen molar-refractivity contribution in [1.29, 1.82) is 0 Å². The molecular weight excluding hydrogens is 588 g/mol. The van der Waals surface area contributed by atoms with Crippen molar-refractivity contribution in [1.82, 2.24) is 14.8 Å². The number of piperidine rings is 1. The minimum absolute atomic E-state index is 0. The first-order valence-electron chi connectivity index (χ1n) is 13.6. The third kappa shape index (κ3) is 9.81. The lowest BCUT2D eigenvalue weighted by atomic mass is 10.0. The number of hydrogen-bond donors (Lipinski definition) is 2. The van der Waals surface area contributed by atoms with Crippen LogP contribution in [0.4, 0.5) is 25.0 Å². The van der Waals surface area contributed by atoms with E-state index < -0.39 is 21.7 Å². The molecule has 1 aromatic heterocycles. The molecule has 1 saturated heterocycles. The summed E-state index contributed by atoms with van der Waals surface area (Å²) in [6.45, 7) is 4.83. The summed E-state index contributed by atoms with van der Waals surface area (Å²) in [5.41, 5.74) is 1.30. The average molecular weight is 624 g/mol. The fraction of sp³-hybridized carbons (Fsp3) is 0.379. The highest BCUT2D eigenvalue weighted by molar-refractivity contribution is 7.92. The van der Waals surface area contributed by atoms with E-state index in [-0.39, 0.29) is 30.2 Å². The summed E-state index contributed by atoms with van der Waals surface area (Å²) in [5, 5.41) is 2.61. The van der Waals surface area contributed by atoms with Gasteiger partial charge >= 0.3 is 6.03 Å². The number of carbonyl (C=O) groups is 1. The Morgan fingerprint density at radius 3 is 2.36 bits per heavy atom. The molecule has 228 valence electrons. The van der Waals surface area contributed by atoms with E-state index in [9.17, 15) is 22.0 Å². The molecule has 4 rings (SSSR count). The fourth-order valence-electron chi connectivity index (χ4n) is 4.68. The lowest BCUT2D eigenvalue weighted by molar-refractivity contribution is 0.122. The van der Waals surface area contributed by atoms with Gasteiger partial charge in [0.15, 0.2) is 0 Å². The predicted molar refractivity (Wildman–Crippen MR) is 162 cm³/mol. The van der Waals surface area contributed by atoms with E-state index in [0.717, 1.165) is 62.9 Å². The molecule has 1 fully saturated rings. The Bertz CT molecular complexity index is 1420. The lowest BCUT2D eigenvalue weighted by Crippen LogP contribution is -2.49. The first kappa shape index (κ1) is 33.0. The van der Waals surface area contributed by atoms with Gasteiger partial charge in [0.25, 0.3) is 0 Å². The van der Waals surface area contributed by atoms with Gasteiger partial charge in [-0.15, -0.1) is 12.4 Å². The third-order valence-electron chi connectivity index (χ3n) is 6.76. The maximum atomic E-state index is 14.1. The number of aromatic nitrogens is 1.